The van der Waals surface area contributed by atoms with Crippen molar-refractivity contribution in [3.8, 4) is 0 Å². The second-order valence-corrected chi connectivity index (χ2v) is 7.06. The quantitative estimate of drug-likeness (QED) is 0.619. The smallest absolute Gasteiger partial charge is 0.297 e. The molecule has 1 aromatic heterocycles. The number of halogens is 3. The molecule has 0 aliphatic rings. The zero-order valence-electron chi connectivity index (χ0n) is 13.5. The van der Waals surface area contributed by atoms with E-state index >= 15 is 0 Å². The molecule has 1 heterocycles. The fourth-order valence-electron chi connectivity index (χ4n) is 2.11. The van der Waals surface area contributed by atoms with Crippen LogP contribution in [-0.4, -0.2) is 14.8 Å². The molecule has 0 radical (unpaired) electrons. The molecule has 0 aliphatic heterocycles. The third-order valence-electron chi connectivity index (χ3n) is 3.52. The van der Waals surface area contributed by atoms with Gasteiger partial charge in [0.1, 0.15) is 5.82 Å². The minimum absolute atomic E-state index is 0.0443. The highest BCUT2D eigenvalue weighted by Crippen LogP contribution is 2.30. The third-order valence-corrected chi connectivity index (χ3v) is 5.43. The summed E-state index contributed by atoms with van der Waals surface area (Å²) in [4.78, 5) is 12.5. The molecule has 0 bridgehead atoms. The summed E-state index contributed by atoms with van der Waals surface area (Å²) < 4.78 is 14.3. The van der Waals surface area contributed by atoms with E-state index in [2.05, 4.69) is 15.5 Å². The Kier molecular flexibility index (Phi) is 5.80. The molecule has 0 saturated heterocycles. The number of hydrogen-bond acceptors (Lipinski definition) is 5. The molecule has 3 aromatic rings. The van der Waals surface area contributed by atoms with Crippen molar-refractivity contribution in [3.63, 3.8) is 0 Å². The zero-order valence-corrected chi connectivity index (χ0v) is 15.9. The van der Waals surface area contributed by atoms with Crippen molar-refractivity contribution in [1.29, 1.82) is 0 Å². The van der Waals surface area contributed by atoms with Crippen molar-refractivity contribution in [3.05, 3.63) is 74.2 Å². The number of benzene rings is 2. The van der Waals surface area contributed by atoms with Crippen LogP contribution < -0.4 is 10.9 Å². The van der Waals surface area contributed by atoms with E-state index in [0.717, 1.165) is 5.56 Å². The maximum atomic E-state index is 12.9. The van der Waals surface area contributed by atoms with Crippen LogP contribution in [0, 0.1) is 5.82 Å². The molecule has 0 unspecified atom stereocenters. The first-order valence-electron chi connectivity index (χ1n) is 7.47. The highest BCUT2D eigenvalue weighted by Gasteiger charge is 2.12. The molecule has 2 aromatic carbocycles. The molecule has 5 nitrogen and oxygen atoms in total. The summed E-state index contributed by atoms with van der Waals surface area (Å²) >= 11 is 13.4. The van der Waals surface area contributed by atoms with E-state index < -0.39 is 0 Å². The molecule has 26 heavy (non-hydrogen) atoms. The fourth-order valence-corrected chi connectivity index (χ4v) is 3.32. The zero-order chi connectivity index (χ0) is 18.7. The second kappa shape index (κ2) is 8.07. The third kappa shape index (κ3) is 4.17. The average molecular weight is 411 g/mol. The van der Waals surface area contributed by atoms with Gasteiger partial charge in [0, 0.05) is 12.8 Å². The number of rotatable bonds is 5. The van der Waals surface area contributed by atoms with Gasteiger partial charge in [0.25, 0.3) is 5.56 Å². The predicted octanol–water partition coefficient (Wildman–Crippen LogP) is 4.66. The lowest BCUT2D eigenvalue weighted by Crippen LogP contribution is -2.24. The SMILES string of the molecule is Cn1c(SCc2ccc(F)cc2)nnc(Nc2cccc(Cl)c2Cl)c1=O. The highest BCUT2D eigenvalue weighted by molar-refractivity contribution is 7.98. The second-order valence-electron chi connectivity index (χ2n) is 5.34. The molecule has 0 saturated carbocycles. The molecular formula is C17H13Cl2FN4OS. The predicted molar refractivity (Wildman–Crippen MR) is 103 cm³/mol. The lowest BCUT2D eigenvalue weighted by Gasteiger charge is -2.10. The Bertz CT molecular complexity index is 995. The van der Waals surface area contributed by atoms with Crippen LogP contribution in [0.15, 0.2) is 52.4 Å². The van der Waals surface area contributed by atoms with Crippen LogP contribution in [0.1, 0.15) is 5.56 Å². The van der Waals surface area contributed by atoms with E-state index in [1.54, 1.807) is 37.4 Å². The van der Waals surface area contributed by atoms with E-state index in [1.807, 2.05) is 0 Å². The lowest BCUT2D eigenvalue weighted by molar-refractivity contribution is 0.627. The standard InChI is InChI=1S/C17H13Cl2FN4OS/c1-24-16(25)15(21-13-4-2-3-12(18)14(13)19)22-23-17(24)26-9-10-5-7-11(20)8-6-10/h2-8H,9H2,1H3,(H,21,22). The number of hydrogen-bond donors (Lipinski definition) is 1. The lowest BCUT2D eigenvalue weighted by atomic mass is 10.2. The molecule has 0 aliphatic carbocycles. The molecule has 0 amide bonds. The highest BCUT2D eigenvalue weighted by atomic mass is 35.5. The van der Waals surface area contributed by atoms with Gasteiger partial charge < -0.3 is 5.32 Å². The summed E-state index contributed by atoms with van der Waals surface area (Å²) in [5, 5.41) is 12.0. The number of aromatic nitrogens is 3. The van der Waals surface area contributed by atoms with Gasteiger partial charge in [0.2, 0.25) is 5.82 Å². The van der Waals surface area contributed by atoms with Crippen molar-refractivity contribution >= 4 is 46.5 Å². The first-order valence-corrected chi connectivity index (χ1v) is 9.22. The Balaban J connectivity index is 1.79. The molecular weight excluding hydrogens is 398 g/mol. The molecule has 9 heteroatoms. The van der Waals surface area contributed by atoms with Crippen LogP contribution in [-0.2, 0) is 12.8 Å². The largest absolute Gasteiger partial charge is 0.333 e. The molecule has 134 valence electrons. The van der Waals surface area contributed by atoms with Crippen LogP contribution in [0.3, 0.4) is 0 Å². The summed E-state index contributed by atoms with van der Waals surface area (Å²) in [6, 6.07) is 11.2. The van der Waals surface area contributed by atoms with Crippen LogP contribution in [0.25, 0.3) is 0 Å². The number of nitrogens with zero attached hydrogens (tertiary/aromatic N) is 3. The van der Waals surface area contributed by atoms with Crippen molar-refractivity contribution in [2.75, 3.05) is 5.32 Å². The number of anilines is 2. The molecule has 1 N–H and O–H groups in total. The Morgan fingerprint density at radius 3 is 2.62 bits per heavy atom. The van der Waals surface area contributed by atoms with Crippen LogP contribution >= 0.6 is 35.0 Å². The van der Waals surface area contributed by atoms with Gasteiger partial charge in [0.15, 0.2) is 5.16 Å². The van der Waals surface area contributed by atoms with E-state index in [-0.39, 0.29) is 17.2 Å². The fraction of sp³-hybridized carbons (Fsp3) is 0.118. The first kappa shape index (κ1) is 18.7. The van der Waals surface area contributed by atoms with E-state index in [4.69, 9.17) is 23.2 Å². The molecule has 0 spiro atoms. The average Bonchev–Trinajstić information content (AvgIpc) is 2.63. The maximum Gasteiger partial charge on any atom is 0.297 e. The summed E-state index contributed by atoms with van der Waals surface area (Å²) in [6.45, 7) is 0. The van der Waals surface area contributed by atoms with E-state index in [0.29, 0.717) is 26.6 Å². The number of nitrogens with one attached hydrogen (secondary N) is 1. The number of thioether (sulfide) groups is 1. The maximum absolute atomic E-state index is 12.9. The van der Waals surface area contributed by atoms with Crippen molar-refractivity contribution in [1.82, 2.24) is 14.8 Å². The Morgan fingerprint density at radius 2 is 1.88 bits per heavy atom. The Labute approximate surface area is 163 Å². The normalized spacial score (nSPS) is 10.8. The summed E-state index contributed by atoms with van der Waals surface area (Å²) in [5.41, 5.74) is 1.04. The minimum atomic E-state index is -0.349. The van der Waals surface area contributed by atoms with Crippen LogP contribution in [0.4, 0.5) is 15.9 Å². The van der Waals surface area contributed by atoms with Crippen molar-refractivity contribution in [2.24, 2.45) is 7.05 Å². The van der Waals surface area contributed by atoms with Crippen molar-refractivity contribution in [2.45, 2.75) is 10.9 Å². The van der Waals surface area contributed by atoms with Gasteiger partial charge in [-0.1, -0.05) is 53.2 Å². The first-order chi connectivity index (χ1) is 12.5. The molecule has 0 fully saturated rings. The Morgan fingerprint density at radius 1 is 1.15 bits per heavy atom. The van der Waals surface area contributed by atoms with Gasteiger partial charge >= 0.3 is 0 Å². The monoisotopic (exact) mass is 410 g/mol. The molecule has 0 atom stereocenters. The Hall–Kier alpha value is -2.09. The van der Waals surface area contributed by atoms with Crippen LogP contribution in [0.2, 0.25) is 10.0 Å². The van der Waals surface area contributed by atoms with Gasteiger partial charge in [0.05, 0.1) is 15.7 Å². The topological polar surface area (TPSA) is 59.8 Å². The van der Waals surface area contributed by atoms with Gasteiger partial charge in [-0.05, 0) is 29.8 Å². The van der Waals surface area contributed by atoms with Crippen LogP contribution in [0.5, 0.6) is 0 Å². The van der Waals surface area contributed by atoms with E-state index in [1.165, 1.54) is 28.5 Å². The summed E-state index contributed by atoms with van der Waals surface area (Å²) in [7, 11) is 1.61. The van der Waals surface area contributed by atoms with E-state index in [9.17, 15) is 9.18 Å². The van der Waals surface area contributed by atoms with Gasteiger partial charge in [-0.2, -0.15) is 0 Å². The van der Waals surface area contributed by atoms with Gasteiger partial charge in [-0.25, -0.2) is 4.39 Å². The summed E-state index contributed by atoms with van der Waals surface area (Å²) in [6.07, 6.45) is 0. The van der Waals surface area contributed by atoms with Gasteiger partial charge in [-0.15, -0.1) is 10.2 Å². The van der Waals surface area contributed by atoms with Gasteiger partial charge in [-0.3, -0.25) is 9.36 Å². The van der Waals surface area contributed by atoms with Crippen molar-refractivity contribution < 1.29 is 4.39 Å². The molecule has 3 rings (SSSR count). The minimum Gasteiger partial charge on any atom is -0.333 e. The summed E-state index contributed by atoms with van der Waals surface area (Å²) in [5.74, 6) is 0.290.